The summed E-state index contributed by atoms with van der Waals surface area (Å²) in [6, 6.07) is 0. The predicted octanol–water partition coefficient (Wildman–Crippen LogP) is -0.820. The van der Waals surface area contributed by atoms with Crippen molar-refractivity contribution in [2.75, 3.05) is 6.61 Å². The van der Waals surface area contributed by atoms with Gasteiger partial charge in [-0.2, -0.15) is 0 Å². The highest BCUT2D eigenvalue weighted by molar-refractivity contribution is 5.12. The van der Waals surface area contributed by atoms with E-state index in [4.69, 9.17) is 29.5 Å². The SMILES string of the molecule is CC(C)C1=C(O)[C@@H](O)C(OC(O[C@H](C)O)C(O)O)CO1. The second-order valence-corrected chi connectivity index (χ2v) is 4.85. The maximum absolute atomic E-state index is 9.93. The first kappa shape index (κ1) is 17.2. The first-order chi connectivity index (χ1) is 9.23. The third-order valence-corrected chi connectivity index (χ3v) is 2.70. The lowest BCUT2D eigenvalue weighted by Gasteiger charge is -2.33. The Morgan fingerprint density at radius 2 is 1.80 bits per heavy atom. The molecule has 0 radical (unpaired) electrons. The molecular formula is C12H22O8. The van der Waals surface area contributed by atoms with Gasteiger partial charge in [-0.15, -0.1) is 0 Å². The summed E-state index contributed by atoms with van der Waals surface area (Å²) in [4.78, 5) is 0. The maximum Gasteiger partial charge on any atom is 0.211 e. The van der Waals surface area contributed by atoms with Crippen molar-refractivity contribution in [3.63, 3.8) is 0 Å². The van der Waals surface area contributed by atoms with Crippen molar-refractivity contribution in [2.24, 2.45) is 5.92 Å². The van der Waals surface area contributed by atoms with Crippen LogP contribution in [0.25, 0.3) is 0 Å². The standard InChI is InChI=1S/C12H22O8/c1-5(2)10-9(15)8(14)7(4-18-10)20-12(11(16)17)19-6(3)13/h5-8,11-17H,4H2,1-3H3/t6-,7?,8+,12?/m1/s1. The minimum Gasteiger partial charge on any atom is -0.506 e. The van der Waals surface area contributed by atoms with Gasteiger partial charge in [0.1, 0.15) is 24.6 Å². The number of aliphatic hydroxyl groups is 5. The van der Waals surface area contributed by atoms with Gasteiger partial charge in [0.25, 0.3) is 0 Å². The Morgan fingerprint density at radius 3 is 2.25 bits per heavy atom. The summed E-state index contributed by atoms with van der Waals surface area (Å²) in [6.45, 7) is 4.75. The van der Waals surface area contributed by atoms with Crippen LogP contribution in [0, 0.1) is 5.92 Å². The van der Waals surface area contributed by atoms with E-state index in [0.29, 0.717) is 0 Å². The molecule has 0 aromatic carbocycles. The average Bonchev–Trinajstić information content (AvgIpc) is 2.32. The quantitative estimate of drug-likeness (QED) is 0.402. The van der Waals surface area contributed by atoms with Gasteiger partial charge < -0.3 is 39.7 Å². The molecule has 8 nitrogen and oxygen atoms in total. The number of aliphatic hydroxyl groups excluding tert-OH is 4. The third kappa shape index (κ3) is 4.30. The zero-order chi connectivity index (χ0) is 15.4. The van der Waals surface area contributed by atoms with E-state index in [9.17, 15) is 10.2 Å². The van der Waals surface area contributed by atoms with Crippen molar-refractivity contribution in [2.45, 2.75) is 51.8 Å². The Morgan fingerprint density at radius 1 is 1.20 bits per heavy atom. The fraction of sp³-hybridized carbons (Fsp3) is 0.833. The predicted molar refractivity (Wildman–Crippen MR) is 66.1 cm³/mol. The van der Waals surface area contributed by atoms with Crippen LogP contribution in [0.3, 0.4) is 0 Å². The molecule has 1 aliphatic heterocycles. The monoisotopic (exact) mass is 294 g/mol. The largest absolute Gasteiger partial charge is 0.506 e. The second-order valence-electron chi connectivity index (χ2n) is 4.85. The van der Waals surface area contributed by atoms with Crippen molar-refractivity contribution >= 4 is 0 Å². The lowest BCUT2D eigenvalue weighted by molar-refractivity contribution is -0.317. The topological polar surface area (TPSA) is 129 Å². The molecular weight excluding hydrogens is 272 g/mol. The van der Waals surface area contributed by atoms with Gasteiger partial charge in [0, 0.05) is 5.92 Å². The molecule has 0 spiro atoms. The second kappa shape index (κ2) is 7.21. The molecule has 4 atom stereocenters. The van der Waals surface area contributed by atoms with Crippen LogP contribution < -0.4 is 0 Å². The highest BCUT2D eigenvalue weighted by atomic mass is 16.8. The molecule has 0 fully saturated rings. The third-order valence-electron chi connectivity index (χ3n) is 2.70. The number of ether oxygens (including phenoxy) is 3. The van der Waals surface area contributed by atoms with Gasteiger partial charge in [-0.3, -0.25) is 0 Å². The Kier molecular flexibility index (Phi) is 6.18. The van der Waals surface area contributed by atoms with Crippen molar-refractivity contribution in [3.8, 4) is 0 Å². The van der Waals surface area contributed by atoms with Crippen LogP contribution in [-0.4, -0.2) is 63.2 Å². The number of allylic oxidation sites excluding steroid dienone is 1. The number of rotatable bonds is 6. The minimum atomic E-state index is -2.02. The van der Waals surface area contributed by atoms with Crippen molar-refractivity contribution in [3.05, 3.63) is 11.5 Å². The molecule has 0 aliphatic carbocycles. The highest BCUT2D eigenvalue weighted by Gasteiger charge is 2.37. The van der Waals surface area contributed by atoms with Crippen LogP contribution in [0.1, 0.15) is 20.8 Å². The maximum atomic E-state index is 9.93. The van der Waals surface area contributed by atoms with Crippen LogP contribution in [0.15, 0.2) is 11.5 Å². The smallest absolute Gasteiger partial charge is 0.211 e. The molecule has 0 aromatic heterocycles. The van der Waals surface area contributed by atoms with E-state index in [0.717, 1.165) is 0 Å². The summed E-state index contributed by atoms with van der Waals surface area (Å²) in [7, 11) is 0. The molecule has 0 bridgehead atoms. The van der Waals surface area contributed by atoms with Crippen LogP contribution in [0.5, 0.6) is 0 Å². The lowest BCUT2D eigenvalue weighted by Crippen LogP contribution is -2.46. The van der Waals surface area contributed by atoms with E-state index in [1.165, 1.54) is 6.92 Å². The van der Waals surface area contributed by atoms with E-state index >= 15 is 0 Å². The Balaban J connectivity index is 2.74. The minimum absolute atomic E-state index is 0.0921. The molecule has 118 valence electrons. The lowest BCUT2D eigenvalue weighted by atomic mass is 10.0. The number of hydrogen-bond donors (Lipinski definition) is 5. The van der Waals surface area contributed by atoms with Crippen molar-refractivity contribution in [1.29, 1.82) is 0 Å². The van der Waals surface area contributed by atoms with Gasteiger partial charge >= 0.3 is 0 Å². The van der Waals surface area contributed by atoms with Crippen LogP contribution in [-0.2, 0) is 14.2 Å². The summed E-state index contributed by atoms with van der Waals surface area (Å²) in [5.41, 5.74) is 0. The normalized spacial score (nSPS) is 26.9. The summed E-state index contributed by atoms with van der Waals surface area (Å²) in [5, 5.41) is 47.0. The summed E-state index contributed by atoms with van der Waals surface area (Å²) in [6.07, 6.45) is -7.32. The zero-order valence-corrected chi connectivity index (χ0v) is 11.6. The fourth-order valence-electron chi connectivity index (χ4n) is 1.77. The van der Waals surface area contributed by atoms with Gasteiger partial charge in [-0.1, -0.05) is 13.8 Å². The van der Waals surface area contributed by atoms with Gasteiger partial charge in [-0.05, 0) is 6.92 Å². The van der Waals surface area contributed by atoms with Crippen LogP contribution in [0.2, 0.25) is 0 Å². The summed E-state index contributed by atoms with van der Waals surface area (Å²) in [5.74, 6) is -0.215. The van der Waals surface area contributed by atoms with Gasteiger partial charge in [-0.25, -0.2) is 0 Å². The van der Waals surface area contributed by atoms with Gasteiger partial charge in [0.15, 0.2) is 12.0 Å². The zero-order valence-electron chi connectivity index (χ0n) is 11.6. The van der Waals surface area contributed by atoms with E-state index in [2.05, 4.69) is 0 Å². The molecule has 5 N–H and O–H groups in total. The molecule has 0 aromatic rings. The van der Waals surface area contributed by atoms with E-state index in [1.807, 2.05) is 0 Å². The summed E-state index contributed by atoms with van der Waals surface area (Å²) >= 11 is 0. The highest BCUT2D eigenvalue weighted by Crippen LogP contribution is 2.26. The molecule has 8 heteroatoms. The number of hydrogen-bond acceptors (Lipinski definition) is 8. The molecule has 1 heterocycles. The van der Waals surface area contributed by atoms with Gasteiger partial charge in [0.05, 0.1) is 0 Å². The molecule has 0 amide bonds. The molecule has 0 saturated heterocycles. The molecule has 0 saturated carbocycles. The van der Waals surface area contributed by atoms with Crippen molar-refractivity contribution < 1.29 is 39.7 Å². The van der Waals surface area contributed by atoms with Crippen molar-refractivity contribution in [1.82, 2.24) is 0 Å². The van der Waals surface area contributed by atoms with Gasteiger partial charge in [0.2, 0.25) is 12.6 Å². The van der Waals surface area contributed by atoms with E-state index in [-0.39, 0.29) is 24.0 Å². The molecule has 1 aliphatic rings. The Labute approximate surface area is 116 Å². The van der Waals surface area contributed by atoms with Crippen LogP contribution in [0.4, 0.5) is 0 Å². The Bertz CT molecular complexity index is 338. The Hall–Kier alpha value is -0.900. The summed E-state index contributed by atoms with van der Waals surface area (Å²) < 4.78 is 15.1. The average molecular weight is 294 g/mol. The molecule has 1 rings (SSSR count). The molecule has 2 unspecified atom stereocenters. The fourth-order valence-corrected chi connectivity index (χ4v) is 1.77. The van der Waals surface area contributed by atoms with E-state index < -0.39 is 31.1 Å². The molecule has 20 heavy (non-hydrogen) atoms. The first-order valence-corrected chi connectivity index (χ1v) is 6.33. The first-order valence-electron chi connectivity index (χ1n) is 6.33. The van der Waals surface area contributed by atoms with E-state index in [1.54, 1.807) is 13.8 Å². The van der Waals surface area contributed by atoms with Crippen LogP contribution >= 0.6 is 0 Å².